The summed E-state index contributed by atoms with van der Waals surface area (Å²) in [6.07, 6.45) is 3.39. The van der Waals surface area contributed by atoms with Crippen molar-refractivity contribution in [2.24, 2.45) is 0 Å². The van der Waals surface area contributed by atoms with E-state index in [-0.39, 0.29) is 6.04 Å². The summed E-state index contributed by atoms with van der Waals surface area (Å²) in [5.41, 5.74) is 1.80. The van der Waals surface area contributed by atoms with Crippen molar-refractivity contribution in [3.8, 4) is 6.07 Å². The van der Waals surface area contributed by atoms with Gasteiger partial charge in [-0.05, 0) is 18.2 Å². The lowest BCUT2D eigenvalue weighted by Crippen LogP contribution is -2.08. The van der Waals surface area contributed by atoms with Gasteiger partial charge in [0.25, 0.3) is 0 Å². The zero-order valence-electron chi connectivity index (χ0n) is 8.67. The minimum Gasteiger partial charge on any atom is -0.366 e. The lowest BCUT2D eigenvalue weighted by Gasteiger charge is -2.12. The molecule has 1 atom stereocenters. The highest BCUT2D eigenvalue weighted by Crippen LogP contribution is 2.17. The lowest BCUT2D eigenvalue weighted by molar-refractivity contribution is 0.982. The Balaban J connectivity index is 2.17. The average molecular weight is 209 g/mol. The molecule has 0 radical (unpaired) electrons. The molecule has 0 bridgehead atoms. The number of hydrogen-bond donors (Lipinski definition) is 1. The predicted octanol–water partition coefficient (Wildman–Crippen LogP) is 2.76. The molecule has 1 aromatic carbocycles. The molecule has 1 heterocycles. The van der Waals surface area contributed by atoms with E-state index in [0.717, 1.165) is 11.3 Å². The third-order valence-electron chi connectivity index (χ3n) is 2.23. The van der Waals surface area contributed by atoms with Crippen LogP contribution >= 0.6 is 0 Å². The van der Waals surface area contributed by atoms with E-state index in [1.54, 1.807) is 12.4 Å². The number of rotatable bonds is 3. The van der Waals surface area contributed by atoms with Gasteiger partial charge in [-0.1, -0.05) is 24.3 Å². The van der Waals surface area contributed by atoms with Crippen molar-refractivity contribution >= 4 is 5.69 Å². The molecule has 0 saturated heterocycles. The Morgan fingerprint density at radius 3 is 2.56 bits per heavy atom. The minimum atomic E-state index is -0.365. The third kappa shape index (κ3) is 2.37. The average Bonchev–Trinajstić information content (AvgIpc) is 2.38. The largest absolute Gasteiger partial charge is 0.366 e. The Morgan fingerprint density at radius 1 is 1.12 bits per heavy atom. The van der Waals surface area contributed by atoms with Crippen molar-refractivity contribution in [3.63, 3.8) is 0 Å². The second-order valence-corrected chi connectivity index (χ2v) is 3.36. The van der Waals surface area contributed by atoms with Crippen molar-refractivity contribution in [3.05, 3.63) is 60.4 Å². The van der Waals surface area contributed by atoms with Crippen LogP contribution in [0.15, 0.2) is 54.9 Å². The number of aromatic nitrogens is 1. The molecule has 1 unspecified atom stereocenters. The second kappa shape index (κ2) is 4.94. The molecule has 1 N–H and O–H groups in total. The summed E-state index contributed by atoms with van der Waals surface area (Å²) in [5, 5.41) is 12.2. The quantitative estimate of drug-likeness (QED) is 0.845. The molecule has 16 heavy (non-hydrogen) atoms. The molecule has 0 aliphatic rings. The van der Waals surface area contributed by atoms with Gasteiger partial charge in [0, 0.05) is 23.6 Å². The highest BCUT2D eigenvalue weighted by molar-refractivity contribution is 5.46. The number of nitrogens with one attached hydrogen (secondary N) is 1. The SMILES string of the molecule is N#CC(Nc1ccccc1)c1cccnc1. The molecule has 0 saturated carbocycles. The summed E-state index contributed by atoms with van der Waals surface area (Å²) in [4.78, 5) is 4.00. The molecule has 2 aromatic rings. The molecule has 3 nitrogen and oxygen atoms in total. The third-order valence-corrected chi connectivity index (χ3v) is 2.23. The van der Waals surface area contributed by atoms with Crippen LogP contribution in [-0.2, 0) is 0 Å². The van der Waals surface area contributed by atoms with Crippen LogP contribution in [0, 0.1) is 11.3 Å². The lowest BCUT2D eigenvalue weighted by atomic mass is 10.1. The maximum Gasteiger partial charge on any atom is 0.141 e. The zero-order chi connectivity index (χ0) is 11.2. The summed E-state index contributed by atoms with van der Waals surface area (Å²) in [6.45, 7) is 0. The molecule has 0 amide bonds. The molecule has 0 aliphatic carbocycles. The van der Waals surface area contributed by atoms with Gasteiger partial charge in [-0.25, -0.2) is 0 Å². The molecule has 78 valence electrons. The molecule has 0 fully saturated rings. The molecular weight excluding hydrogens is 198 g/mol. The zero-order valence-corrected chi connectivity index (χ0v) is 8.67. The van der Waals surface area contributed by atoms with E-state index in [1.807, 2.05) is 42.5 Å². The van der Waals surface area contributed by atoms with Gasteiger partial charge in [0.15, 0.2) is 0 Å². The smallest absolute Gasteiger partial charge is 0.141 e. The molecule has 3 heteroatoms. The highest BCUT2D eigenvalue weighted by atomic mass is 14.9. The van der Waals surface area contributed by atoms with Crippen LogP contribution in [0.5, 0.6) is 0 Å². The number of hydrogen-bond acceptors (Lipinski definition) is 3. The van der Waals surface area contributed by atoms with E-state index >= 15 is 0 Å². The minimum absolute atomic E-state index is 0.365. The number of nitriles is 1. The van der Waals surface area contributed by atoms with Crippen LogP contribution in [0.4, 0.5) is 5.69 Å². The first-order valence-electron chi connectivity index (χ1n) is 5.01. The summed E-state index contributed by atoms with van der Waals surface area (Å²) >= 11 is 0. The van der Waals surface area contributed by atoms with Crippen LogP contribution in [-0.4, -0.2) is 4.98 Å². The van der Waals surface area contributed by atoms with Crippen LogP contribution in [0.1, 0.15) is 11.6 Å². The van der Waals surface area contributed by atoms with E-state index < -0.39 is 0 Å². The van der Waals surface area contributed by atoms with Crippen molar-refractivity contribution < 1.29 is 0 Å². The maximum absolute atomic E-state index is 9.10. The van der Waals surface area contributed by atoms with Gasteiger partial charge in [0.05, 0.1) is 6.07 Å². The standard InChI is InChI=1S/C13H11N3/c14-9-13(11-5-4-8-15-10-11)16-12-6-2-1-3-7-12/h1-8,10,13,16H. The number of para-hydroxylation sites is 1. The van der Waals surface area contributed by atoms with Gasteiger partial charge < -0.3 is 5.32 Å². The first-order chi connectivity index (χ1) is 7.90. The molecule has 0 spiro atoms. The first kappa shape index (κ1) is 10.2. The van der Waals surface area contributed by atoms with Gasteiger partial charge in [0.1, 0.15) is 6.04 Å². The Bertz CT molecular complexity index is 474. The monoisotopic (exact) mass is 209 g/mol. The molecule has 1 aromatic heterocycles. The van der Waals surface area contributed by atoms with Crippen LogP contribution in [0.25, 0.3) is 0 Å². The number of pyridine rings is 1. The van der Waals surface area contributed by atoms with Gasteiger partial charge >= 0.3 is 0 Å². The fourth-order valence-corrected chi connectivity index (χ4v) is 1.44. The van der Waals surface area contributed by atoms with Crippen LogP contribution < -0.4 is 5.32 Å². The Kier molecular flexibility index (Phi) is 3.15. The van der Waals surface area contributed by atoms with Crippen LogP contribution in [0.2, 0.25) is 0 Å². The fourth-order valence-electron chi connectivity index (χ4n) is 1.44. The van der Waals surface area contributed by atoms with Gasteiger partial charge in [-0.3, -0.25) is 4.98 Å². The normalized spacial score (nSPS) is 11.4. The second-order valence-electron chi connectivity index (χ2n) is 3.36. The maximum atomic E-state index is 9.10. The highest BCUT2D eigenvalue weighted by Gasteiger charge is 2.09. The fraction of sp³-hybridized carbons (Fsp3) is 0.0769. The van der Waals surface area contributed by atoms with Gasteiger partial charge in [0.2, 0.25) is 0 Å². The van der Waals surface area contributed by atoms with Crippen molar-refractivity contribution in [1.82, 2.24) is 4.98 Å². The summed E-state index contributed by atoms with van der Waals surface area (Å²) in [7, 11) is 0. The van der Waals surface area contributed by atoms with Crippen molar-refractivity contribution in [1.29, 1.82) is 5.26 Å². The summed E-state index contributed by atoms with van der Waals surface area (Å²) in [6, 6.07) is 15.2. The van der Waals surface area contributed by atoms with Crippen molar-refractivity contribution in [2.45, 2.75) is 6.04 Å². The Hall–Kier alpha value is -2.34. The predicted molar refractivity (Wildman–Crippen MR) is 62.7 cm³/mol. The number of benzene rings is 1. The molecular formula is C13H11N3. The van der Waals surface area contributed by atoms with E-state index in [9.17, 15) is 0 Å². The Labute approximate surface area is 94.4 Å². The number of nitrogens with zero attached hydrogens (tertiary/aromatic N) is 2. The van der Waals surface area contributed by atoms with E-state index in [1.165, 1.54) is 0 Å². The van der Waals surface area contributed by atoms with E-state index in [2.05, 4.69) is 16.4 Å². The Morgan fingerprint density at radius 2 is 1.94 bits per heavy atom. The topological polar surface area (TPSA) is 48.7 Å². The summed E-state index contributed by atoms with van der Waals surface area (Å²) in [5.74, 6) is 0. The van der Waals surface area contributed by atoms with Gasteiger partial charge in [-0.15, -0.1) is 0 Å². The first-order valence-corrected chi connectivity index (χ1v) is 5.01. The molecule has 0 aliphatic heterocycles. The van der Waals surface area contributed by atoms with Crippen molar-refractivity contribution in [2.75, 3.05) is 5.32 Å². The van der Waals surface area contributed by atoms with Gasteiger partial charge in [-0.2, -0.15) is 5.26 Å². The van der Waals surface area contributed by atoms with E-state index in [0.29, 0.717) is 0 Å². The van der Waals surface area contributed by atoms with Crippen LogP contribution in [0.3, 0.4) is 0 Å². The van der Waals surface area contributed by atoms with E-state index in [4.69, 9.17) is 5.26 Å². The summed E-state index contributed by atoms with van der Waals surface area (Å²) < 4.78 is 0. The molecule has 2 rings (SSSR count). The number of anilines is 1.